The van der Waals surface area contributed by atoms with Crippen molar-refractivity contribution in [1.82, 2.24) is 15.0 Å². The van der Waals surface area contributed by atoms with Gasteiger partial charge < -0.3 is 25.5 Å². The van der Waals surface area contributed by atoms with E-state index in [0.717, 1.165) is 23.1 Å². The zero-order valence-electron chi connectivity index (χ0n) is 19.0. The maximum absolute atomic E-state index is 15.2. The second-order valence-electron chi connectivity index (χ2n) is 8.75. The van der Waals surface area contributed by atoms with Gasteiger partial charge in [-0.25, -0.2) is 15.0 Å². The van der Waals surface area contributed by atoms with Crippen molar-refractivity contribution in [2.45, 2.75) is 34.4 Å². The number of nitrogen functional groups attached to an aromatic ring is 1. The summed E-state index contributed by atoms with van der Waals surface area (Å²) >= 11 is 7.70. The standard InChI is InChI=1S/C25H22ClFN6O2S/c26-18-15(23-30-10-13-34-23)5-3-7-17(18)36-24-21(29)32-22(20(27)31-24)33-11-8-25(9-12-33)19(28)14-4-1-2-6-16(14)35-25/h1-7,10,13,19H,8-9,11-12,28H2,(H2,29,32)/t19-/m1/s1. The lowest BCUT2D eigenvalue weighted by molar-refractivity contribution is 0.0429. The second kappa shape index (κ2) is 8.95. The molecule has 11 heteroatoms. The zero-order valence-corrected chi connectivity index (χ0v) is 20.6. The smallest absolute Gasteiger partial charge is 0.257 e. The van der Waals surface area contributed by atoms with Crippen LogP contribution in [0.2, 0.25) is 5.02 Å². The number of hydrogen-bond donors (Lipinski definition) is 2. The summed E-state index contributed by atoms with van der Waals surface area (Å²) in [6.07, 6.45) is 4.26. The number of para-hydroxylation sites is 1. The summed E-state index contributed by atoms with van der Waals surface area (Å²) in [6.45, 7) is 1.03. The number of halogens is 2. The van der Waals surface area contributed by atoms with Crippen molar-refractivity contribution < 1.29 is 13.5 Å². The average molecular weight is 525 g/mol. The molecule has 2 aromatic heterocycles. The van der Waals surface area contributed by atoms with Crippen LogP contribution in [0.3, 0.4) is 0 Å². The van der Waals surface area contributed by atoms with Gasteiger partial charge in [-0.1, -0.05) is 47.6 Å². The number of hydrogen-bond acceptors (Lipinski definition) is 9. The van der Waals surface area contributed by atoms with Crippen LogP contribution in [0.5, 0.6) is 5.75 Å². The highest BCUT2D eigenvalue weighted by molar-refractivity contribution is 7.99. The molecule has 4 heterocycles. The van der Waals surface area contributed by atoms with Crippen LogP contribution in [-0.2, 0) is 0 Å². The van der Waals surface area contributed by atoms with Crippen LogP contribution in [0, 0.1) is 5.95 Å². The summed E-state index contributed by atoms with van der Waals surface area (Å²) in [5.41, 5.74) is 13.9. The molecule has 0 saturated carbocycles. The number of nitrogens with two attached hydrogens (primary N) is 2. The van der Waals surface area contributed by atoms with Crippen LogP contribution in [0.25, 0.3) is 11.5 Å². The molecule has 1 saturated heterocycles. The molecule has 2 aliphatic rings. The Kier molecular flexibility index (Phi) is 5.74. The number of rotatable bonds is 4. The van der Waals surface area contributed by atoms with Crippen LogP contribution in [-0.4, -0.2) is 33.6 Å². The van der Waals surface area contributed by atoms with E-state index in [4.69, 9.17) is 32.2 Å². The van der Waals surface area contributed by atoms with Gasteiger partial charge in [0, 0.05) is 36.4 Å². The molecule has 0 aliphatic carbocycles. The predicted molar refractivity (Wildman–Crippen MR) is 136 cm³/mol. The first-order chi connectivity index (χ1) is 17.4. The molecule has 1 fully saturated rings. The molecule has 2 aliphatic heterocycles. The number of piperidine rings is 1. The highest BCUT2D eigenvalue weighted by Gasteiger charge is 2.48. The monoisotopic (exact) mass is 524 g/mol. The summed E-state index contributed by atoms with van der Waals surface area (Å²) in [4.78, 5) is 15.1. The SMILES string of the molecule is Nc1nc(N2CCC3(CC2)Oc2ccccc2[C@H]3N)c(F)nc1Sc1cccc(-c2ncco2)c1Cl. The Hall–Kier alpha value is -3.34. The lowest BCUT2D eigenvalue weighted by Gasteiger charge is -2.41. The topological polar surface area (TPSA) is 116 Å². The molecule has 4 N–H and O–H groups in total. The van der Waals surface area contributed by atoms with E-state index in [0.29, 0.717) is 47.3 Å². The molecular formula is C25H22ClFN6O2S. The van der Waals surface area contributed by atoms with Gasteiger partial charge in [-0.05, 0) is 18.2 Å². The molecule has 2 aromatic carbocycles. The minimum Gasteiger partial charge on any atom is -0.485 e. The van der Waals surface area contributed by atoms with Crippen LogP contribution in [0.15, 0.2) is 69.3 Å². The van der Waals surface area contributed by atoms with Crippen molar-refractivity contribution in [1.29, 1.82) is 0 Å². The fourth-order valence-electron chi connectivity index (χ4n) is 4.80. The van der Waals surface area contributed by atoms with Crippen molar-refractivity contribution in [3.8, 4) is 17.2 Å². The van der Waals surface area contributed by atoms with Crippen molar-refractivity contribution >= 4 is 35.0 Å². The van der Waals surface area contributed by atoms with Crippen LogP contribution < -0.4 is 21.1 Å². The molecule has 0 bridgehead atoms. The molecule has 8 nitrogen and oxygen atoms in total. The molecule has 6 rings (SSSR count). The maximum atomic E-state index is 15.2. The van der Waals surface area contributed by atoms with E-state index >= 15 is 4.39 Å². The van der Waals surface area contributed by atoms with Gasteiger partial charge >= 0.3 is 0 Å². The Balaban J connectivity index is 1.20. The van der Waals surface area contributed by atoms with Gasteiger partial charge in [0.25, 0.3) is 5.95 Å². The van der Waals surface area contributed by atoms with Crippen LogP contribution in [0.4, 0.5) is 16.0 Å². The summed E-state index contributed by atoms with van der Waals surface area (Å²) in [7, 11) is 0. The maximum Gasteiger partial charge on any atom is 0.257 e. The number of ether oxygens (including phenoxy) is 1. The summed E-state index contributed by atoms with van der Waals surface area (Å²) < 4.78 is 26.8. The number of benzene rings is 2. The molecule has 1 atom stereocenters. The second-order valence-corrected chi connectivity index (χ2v) is 10.2. The normalized spacial score (nSPS) is 18.3. The molecule has 184 valence electrons. The molecule has 0 amide bonds. The molecular weight excluding hydrogens is 503 g/mol. The Labute approximate surface area is 215 Å². The van der Waals surface area contributed by atoms with Crippen molar-refractivity contribution in [3.05, 3.63) is 71.5 Å². The number of nitrogens with zero attached hydrogens (tertiary/aromatic N) is 4. The van der Waals surface area contributed by atoms with Gasteiger partial charge in [-0.2, -0.15) is 4.39 Å². The van der Waals surface area contributed by atoms with Gasteiger partial charge in [-0.3, -0.25) is 0 Å². The van der Waals surface area contributed by atoms with E-state index in [1.54, 1.807) is 18.2 Å². The molecule has 0 unspecified atom stereocenters. The van der Waals surface area contributed by atoms with E-state index in [1.807, 2.05) is 29.2 Å². The Morgan fingerprint density at radius 2 is 1.92 bits per heavy atom. The first-order valence-corrected chi connectivity index (χ1v) is 12.6. The molecule has 36 heavy (non-hydrogen) atoms. The highest BCUT2D eigenvalue weighted by atomic mass is 35.5. The first kappa shape index (κ1) is 23.1. The molecule has 1 spiro atoms. The number of oxazole rings is 1. The van der Waals surface area contributed by atoms with E-state index in [2.05, 4.69) is 15.0 Å². The minimum atomic E-state index is -0.692. The Morgan fingerprint density at radius 3 is 2.67 bits per heavy atom. The number of anilines is 2. The summed E-state index contributed by atoms with van der Waals surface area (Å²) in [5, 5.41) is 0.638. The Bertz CT molecular complexity index is 1430. The van der Waals surface area contributed by atoms with Gasteiger partial charge in [-0.15, -0.1) is 0 Å². The quantitative estimate of drug-likeness (QED) is 0.376. The predicted octanol–water partition coefficient (Wildman–Crippen LogP) is 5.09. The first-order valence-electron chi connectivity index (χ1n) is 11.4. The fraction of sp³-hybridized carbons (Fsp3) is 0.240. The number of fused-ring (bicyclic) bond motifs is 1. The number of aromatic nitrogens is 3. The van der Waals surface area contributed by atoms with Crippen LogP contribution in [0.1, 0.15) is 24.4 Å². The Morgan fingerprint density at radius 1 is 1.11 bits per heavy atom. The van der Waals surface area contributed by atoms with Crippen molar-refractivity contribution in [2.75, 3.05) is 23.7 Å². The third kappa shape index (κ3) is 3.85. The van der Waals surface area contributed by atoms with E-state index in [-0.39, 0.29) is 22.7 Å². The third-order valence-electron chi connectivity index (χ3n) is 6.71. The lowest BCUT2D eigenvalue weighted by Crippen LogP contribution is -2.51. The molecule has 4 aromatic rings. The van der Waals surface area contributed by atoms with E-state index in [9.17, 15) is 0 Å². The highest BCUT2D eigenvalue weighted by Crippen LogP contribution is 2.47. The molecule has 0 radical (unpaired) electrons. The lowest BCUT2D eigenvalue weighted by atomic mass is 9.83. The van der Waals surface area contributed by atoms with Gasteiger partial charge in [0.2, 0.25) is 5.89 Å². The minimum absolute atomic E-state index is 0.121. The van der Waals surface area contributed by atoms with Gasteiger partial charge in [0.05, 0.1) is 22.8 Å². The average Bonchev–Trinajstić information content (AvgIpc) is 3.51. The summed E-state index contributed by atoms with van der Waals surface area (Å²) in [5.74, 6) is 0.758. The van der Waals surface area contributed by atoms with E-state index < -0.39 is 11.5 Å². The van der Waals surface area contributed by atoms with Crippen molar-refractivity contribution in [2.24, 2.45) is 5.73 Å². The van der Waals surface area contributed by atoms with Crippen LogP contribution >= 0.6 is 23.4 Å². The largest absolute Gasteiger partial charge is 0.485 e. The van der Waals surface area contributed by atoms with Gasteiger partial charge in [0.15, 0.2) is 11.6 Å². The van der Waals surface area contributed by atoms with Gasteiger partial charge in [0.1, 0.15) is 22.6 Å². The summed E-state index contributed by atoms with van der Waals surface area (Å²) in [6, 6.07) is 13.0. The third-order valence-corrected chi connectivity index (χ3v) is 8.28. The van der Waals surface area contributed by atoms with E-state index in [1.165, 1.54) is 12.5 Å². The fourth-order valence-corrected chi connectivity index (χ4v) is 5.96. The van der Waals surface area contributed by atoms with Crippen molar-refractivity contribution in [3.63, 3.8) is 0 Å². The zero-order chi connectivity index (χ0) is 24.9.